The molecule has 0 aliphatic carbocycles. The summed E-state index contributed by atoms with van der Waals surface area (Å²) in [5.41, 5.74) is 3.48. The van der Waals surface area contributed by atoms with Crippen LogP contribution in [0.4, 0.5) is 0 Å². The molecule has 0 spiro atoms. The van der Waals surface area contributed by atoms with Gasteiger partial charge in [-0.05, 0) is 42.7 Å². The molecular weight excluding hydrogens is 290 g/mol. The van der Waals surface area contributed by atoms with Crippen LogP contribution in [0.25, 0.3) is 0 Å². The Morgan fingerprint density at radius 3 is 2.57 bits per heavy atom. The zero-order valence-electron chi connectivity index (χ0n) is 13.7. The van der Waals surface area contributed by atoms with E-state index < -0.39 is 0 Å². The third kappa shape index (κ3) is 6.12. The summed E-state index contributed by atoms with van der Waals surface area (Å²) in [6.07, 6.45) is 0. The largest absolute Gasteiger partial charge is 0.484 e. The van der Waals surface area contributed by atoms with Crippen molar-refractivity contribution in [3.63, 3.8) is 0 Å². The Kier molecular flexibility index (Phi) is 6.63. The van der Waals surface area contributed by atoms with Gasteiger partial charge in [0.25, 0.3) is 5.91 Å². The Bertz CT molecular complexity index is 626. The lowest BCUT2D eigenvalue weighted by atomic mass is 10.1. The zero-order valence-corrected chi connectivity index (χ0v) is 13.7. The molecule has 0 bridgehead atoms. The zero-order chi connectivity index (χ0) is 16.5. The molecule has 0 aliphatic heterocycles. The summed E-state index contributed by atoms with van der Waals surface area (Å²) in [6.45, 7) is 5.58. The number of aryl methyl sites for hydroxylation is 2. The van der Waals surface area contributed by atoms with E-state index in [4.69, 9.17) is 9.47 Å². The predicted octanol–water partition coefficient (Wildman–Crippen LogP) is 3.02. The maximum absolute atomic E-state index is 11.7. The van der Waals surface area contributed by atoms with E-state index in [1.807, 2.05) is 62.4 Å². The molecule has 0 radical (unpaired) electrons. The number of amides is 1. The average molecular weight is 313 g/mol. The van der Waals surface area contributed by atoms with Gasteiger partial charge in [-0.3, -0.25) is 4.79 Å². The third-order valence-corrected chi connectivity index (χ3v) is 3.53. The van der Waals surface area contributed by atoms with E-state index in [0.29, 0.717) is 25.5 Å². The summed E-state index contributed by atoms with van der Waals surface area (Å²) in [5, 5.41) is 2.78. The van der Waals surface area contributed by atoms with Gasteiger partial charge in [0.2, 0.25) is 0 Å². The Labute approximate surface area is 137 Å². The van der Waals surface area contributed by atoms with E-state index >= 15 is 0 Å². The van der Waals surface area contributed by atoms with Crippen molar-refractivity contribution in [2.45, 2.75) is 20.5 Å². The molecule has 0 heterocycles. The van der Waals surface area contributed by atoms with E-state index in [-0.39, 0.29) is 12.5 Å². The standard InChI is InChI=1S/C19H23NO3/c1-15-8-9-18(12-16(15)2)23-14-19(21)20-10-11-22-13-17-6-4-3-5-7-17/h3-9,12H,10-11,13-14H2,1-2H3,(H,20,21). The van der Waals surface area contributed by atoms with Gasteiger partial charge in [0.05, 0.1) is 13.2 Å². The molecule has 0 atom stereocenters. The number of rotatable bonds is 8. The van der Waals surface area contributed by atoms with Crippen LogP contribution >= 0.6 is 0 Å². The molecule has 0 aliphatic rings. The number of benzene rings is 2. The molecule has 0 fully saturated rings. The van der Waals surface area contributed by atoms with Gasteiger partial charge in [0, 0.05) is 6.54 Å². The van der Waals surface area contributed by atoms with Crippen LogP contribution in [0.5, 0.6) is 5.75 Å². The van der Waals surface area contributed by atoms with Gasteiger partial charge >= 0.3 is 0 Å². The van der Waals surface area contributed by atoms with Crippen LogP contribution in [0.2, 0.25) is 0 Å². The first-order valence-corrected chi connectivity index (χ1v) is 7.73. The van der Waals surface area contributed by atoms with Crippen molar-refractivity contribution in [1.82, 2.24) is 5.32 Å². The van der Waals surface area contributed by atoms with Crippen LogP contribution in [0.15, 0.2) is 48.5 Å². The fraction of sp³-hybridized carbons (Fsp3) is 0.316. The topological polar surface area (TPSA) is 47.6 Å². The monoisotopic (exact) mass is 313 g/mol. The molecule has 2 aromatic rings. The molecule has 0 unspecified atom stereocenters. The summed E-state index contributed by atoms with van der Waals surface area (Å²) in [5.74, 6) is 0.565. The van der Waals surface area contributed by atoms with Crippen molar-refractivity contribution in [1.29, 1.82) is 0 Å². The van der Waals surface area contributed by atoms with E-state index in [9.17, 15) is 4.79 Å². The minimum absolute atomic E-state index is 0.0151. The molecule has 4 heteroatoms. The average Bonchev–Trinajstić information content (AvgIpc) is 2.56. The van der Waals surface area contributed by atoms with E-state index in [1.54, 1.807) is 0 Å². The summed E-state index contributed by atoms with van der Waals surface area (Å²) in [7, 11) is 0. The molecule has 2 rings (SSSR count). The molecule has 1 N–H and O–H groups in total. The Hall–Kier alpha value is -2.33. The maximum Gasteiger partial charge on any atom is 0.258 e. The molecule has 4 nitrogen and oxygen atoms in total. The van der Waals surface area contributed by atoms with Gasteiger partial charge in [-0.15, -0.1) is 0 Å². The van der Waals surface area contributed by atoms with Gasteiger partial charge in [0.1, 0.15) is 5.75 Å². The number of ether oxygens (including phenoxy) is 2. The highest BCUT2D eigenvalue weighted by atomic mass is 16.5. The first kappa shape index (κ1) is 17.0. The van der Waals surface area contributed by atoms with Gasteiger partial charge in [-0.25, -0.2) is 0 Å². The lowest BCUT2D eigenvalue weighted by molar-refractivity contribution is -0.123. The highest BCUT2D eigenvalue weighted by molar-refractivity contribution is 5.77. The first-order chi connectivity index (χ1) is 11.1. The number of carbonyl (C=O) groups excluding carboxylic acids is 1. The molecular formula is C19H23NO3. The van der Waals surface area contributed by atoms with E-state index in [0.717, 1.165) is 11.1 Å². The van der Waals surface area contributed by atoms with E-state index in [2.05, 4.69) is 5.32 Å². The quantitative estimate of drug-likeness (QED) is 0.762. The van der Waals surface area contributed by atoms with Crippen LogP contribution in [0.3, 0.4) is 0 Å². The highest BCUT2D eigenvalue weighted by Gasteiger charge is 2.03. The minimum atomic E-state index is -0.147. The van der Waals surface area contributed by atoms with Gasteiger partial charge in [0.15, 0.2) is 6.61 Å². The van der Waals surface area contributed by atoms with Crippen LogP contribution in [0, 0.1) is 13.8 Å². The lowest BCUT2D eigenvalue weighted by Crippen LogP contribution is -2.31. The van der Waals surface area contributed by atoms with Crippen LogP contribution in [-0.4, -0.2) is 25.7 Å². The Morgan fingerprint density at radius 2 is 1.83 bits per heavy atom. The van der Waals surface area contributed by atoms with Crippen LogP contribution < -0.4 is 10.1 Å². The van der Waals surface area contributed by atoms with Crippen molar-refractivity contribution >= 4 is 5.91 Å². The molecule has 2 aromatic carbocycles. The van der Waals surface area contributed by atoms with Gasteiger partial charge in [-0.2, -0.15) is 0 Å². The molecule has 0 saturated carbocycles. The highest BCUT2D eigenvalue weighted by Crippen LogP contribution is 2.16. The second-order valence-corrected chi connectivity index (χ2v) is 5.42. The minimum Gasteiger partial charge on any atom is -0.484 e. The van der Waals surface area contributed by atoms with Gasteiger partial charge < -0.3 is 14.8 Å². The summed E-state index contributed by atoms with van der Waals surface area (Å²) in [6, 6.07) is 15.7. The summed E-state index contributed by atoms with van der Waals surface area (Å²) in [4.78, 5) is 11.7. The summed E-state index contributed by atoms with van der Waals surface area (Å²) >= 11 is 0. The van der Waals surface area contributed by atoms with Crippen molar-refractivity contribution < 1.29 is 14.3 Å². The molecule has 0 aromatic heterocycles. The maximum atomic E-state index is 11.7. The molecule has 0 saturated heterocycles. The SMILES string of the molecule is Cc1ccc(OCC(=O)NCCOCc2ccccc2)cc1C. The molecule has 122 valence electrons. The van der Waals surface area contributed by atoms with Crippen molar-refractivity contribution in [3.8, 4) is 5.75 Å². The fourth-order valence-electron chi connectivity index (χ4n) is 2.03. The lowest BCUT2D eigenvalue weighted by Gasteiger charge is -2.09. The van der Waals surface area contributed by atoms with Crippen molar-refractivity contribution in [2.24, 2.45) is 0 Å². The fourth-order valence-corrected chi connectivity index (χ4v) is 2.03. The first-order valence-electron chi connectivity index (χ1n) is 7.73. The number of hydrogen-bond donors (Lipinski definition) is 1. The summed E-state index contributed by atoms with van der Waals surface area (Å²) < 4.78 is 11.0. The van der Waals surface area contributed by atoms with Crippen molar-refractivity contribution in [3.05, 3.63) is 65.2 Å². The predicted molar refractivity (Wildman–Crippen MR) is 90.5 cm³/mol. The third-order valence-electron chi connectivity index (χ3n) is 3.53. The number of carbonyl (C=O) groups is 1. The van der Waals surface area contributed by atoms with Crippen molar-refractivity contribution in [2.75, 3.05) is 19.8 Å². The van der Waals surface area contributed by atoms with Crippen LogP contribution in [-0.2, 0) is 16.1 Å². The second kappa shape index (κ2) is 8.96. The number of nitrogens with one attached hydrogen (secondary N) is 1. The van der Waals surface area contributed by atoms with E-state index in [1.165, 1.54) is 5.56 Å². The Morgan fingerprint density at radius 1 is 1.04 bits per heavy atom. The molecule has 23 heavy (non-hydrogen) atoms. The Balaban J connectivity index is 1.59. The molecule has 1 amide bonds. The normalized spacial score (nSPS) is 10.3. The van der Waals surface area contributed by atoms with Crippen LogP contribution in [0.1, 0.15) is 16.7 Å². The second-order valence-electron chi connectivity index (χ2n) is 5.42. The smallest absolute Gasteiger partial charge is 0.258 e. The van der Waals surface area contributed by atoms with Gasteiger partial charge in [-0.1, -0.05) is 36.4 Å². The number of hydrogen-bond acceptors (Lipinski definition) is 3.